The van der Waals surface area contributed by atoms with Crippen molar-refractivity contribution in [3.8, 4) is 5.75 Å². The fourth-order valence-corrected chi connectivity index (χ4v) is 4.43. The highest BCUT2D eigenvalue weighted by atomic mass is 32.2. The van der Waals surface area contributed by atoms with Gasteiger partial charge in [-0.1, -0.05) is 0 Å². The number of nitrogens with zero attached hydrogens (tertiary/aromatic N) is 1. The monoisotopic (exact) mass is 326 g/mol. The van der Waals surface area contributed by atoms with Crippen molar-refractivity contribution in [2.45, 2.75) is 57.7 Å². The Bertz CT molecular complexity index is 628. The molecule has 1 N–H and O–H groups in total. The van der Waals surface area contributed by atoms with Crippen molar-refractivity contribution in [3.05, 3.63) is 23.8 Å². The highest BCUT2D eigenvalue weighted by Crippen LogP contribution is 2.26. The quantitative estimate of drug-likeness (QED) is 0.921. The topological polar surface area (TPSA) is 58.6 Å². The molecule has 0 amide bonds. The molecule has 1 aromatic carbocycles. The maximum atomic E-state index is 12.9. The Morgan fingerprint density at radius 3 is 2.59 bits per heavy atom. The van der Waals surface area contributed by atoms with E-state index in [0.717, 1.165) is 11.3 Å². The van der Waals surface area contributed by atoms with Crippen LogP contribution in [0.4, 0.5) is 0 Å². The van der Waals surface area contributed by atoms with Gasteiger partial charge in [-0.15, -0.1) is 0 Å². The number of hydrogen-bond acceptors (Lipinski definition) is 4. The number of aryl methyl sites for hydroxylation is 1. The largest absolute Gasteiger partial charge is 0.491 e. The van der Waals surface area contributed by atoms with E-state index in [1.54, 1.807) is 22.5 Å². The minimum Gasteiger partial charge on any atom is -0.491 e. The first-order chi connectivity index (χ1) is 10.2. The molecular formula is C16H26N2O3S. The van der Waals surface area contributed by atoms with Crippen LogP contribution < -0.4 is 10.1 Å². The first-order valence-corrected chi connectivity index (χ1v) is 9.18. The molecule has 1 fully saturated rings. The second kappa shape index (κ2) is 6.56. The SMILES string of the molecule is Cc1cc(S(=O)(=O)N2CC(C)NCC2C)ccc1OC(C)C. The van der Waals surface area contributed by atoms with Crippen molar-refractivity contribution in [2.24, 2.45) is 0 Å². The normalized spacial score (nSPS) is 23.7. The van der Waals surface area contributed by atoms with E-state index in [0.29, 0.717) is 18.0 Å². The lowest BCUT2D eigenvalue weighted by atomic mass is 10.2. The molecule has 124 valence electrons. The highest BCUT2D eigenvalue weighted by molar-refractivity contribution is 7.89. The zero-order valence-corrected chi connectivity index (χ0v) is 14.8. The number of rotatable bonds is 4. The third-order valence-electron chi connectivity index (χ3n) is 3.82. The highest BCUT2D eigenvalue weighted by Gasteiger charge is 2.33. The second-order valence-corrected chi connectivity index (χ2v) is 8.22. The van der Waals surface area contributed by atoms with E-state index in [-0.39, 0.29) is 18.2 Å². The van der Waals surface area contributed by atoms with E-state index < -0.39 is 10.0 Å². The first-order valence-electron chi connectivity index (χ1n) is 7.74. The van der Waals surface area contributed by atoms with E-state index >= 15 is 0 Å². The van der Waals surface area contributed by atoms with E-state index in [4.69, 9.17) is 4.74 Å². The summed E-state index contributed by atoms with van der Waals surface area (Å²) in [6.45, 7) is 10.9. The van der Waals surface area contributed by atoms with Gasteiger partial charge in [0, 0.05) is 25.2 Å². The van der Waals surface area contributed by atoms with Gasteiger partial charge in [-0.2, -0.15) is 4.31 Å². The van der Waals surface area contributed by atoms with Crippen LogP contribution in [0.15, 0.2) is 23.1 Å². The summed E-state index contributed by atoms with van der Waals surface area (Å²) in [5.74, 6) is 0.732. The molecule has 1 saturated heterocycles. The average molecular weight is 326 g/mol. The Morgan fingerprint density at radius 1 is 1.32 bits per heavy atom. The Hall–Kier alpha value is -1.11. The molecule has 0 spiro atoms. The smallest absolute Gasteiger partial charge is 0.243 e. The van der Waals surface area contributed by atoms with Crippen LogP contribution in [0, 0.1) is 6.92 Å². The van der Waals surface area contributed by atoms with Crippen LogP contribution in [0.2, 0.25) is 0 Å². The molecule has 0 bridgehead atoms. The molecule has 5 nitrogen and oxygen atoms in total. The van der Waals surface area contributed by atoms with Gasteiger partial charge in [0.25, 0.3) is 0 Å². The van der Waals surface area contributed by atoms with Crippen molar-refractivity contribution >= 4 is 10.0 Å². The standard InChI is InChI=1S/C16H26N2O3S/c1-11(2)21-16-7-6-15(8-12(16)3)22(19,20)18-10-13(4)17-9-14(18)5/h6-8,11,13-14,17H,9-10H2,1-5H3. The van der Waals surface area contributed by atoms with E-state index in [1.807, 2.05) is 34.6 Å². The predicted octanol–water partition coefficient (Wildman–Crippen LogP) is 2.15. The number of piperazine rings is 1. The third kappa shape index (κ3) is 3.62. The molecule has 0 aliphatic carbocycles. The summed E-state index contributed by atoms with van der Waals surface area (Å²) in [4.78, 5) is 0.335. The van der Waals surface area contributed by atoms with Crippen molar-refractivity contribution in [1.29, 1.82) is 0 Å². The number of benzene rings is 1. The number of sulfonamides is 1. The zero-order chi connectivity index (χ0) is 16.5. The van der Waals surface area contributed by atoms with Gasteiger partial charge in [-0.3, -0.25) is 0 Å². The average Bonchev–Trinajstić information content (AvgIpc) is 2.43. The fourth-order valence-electron chi connectivity index (χ4n) is 2.63. The third-order valence-corrected chi connectivity index (χ3v) is 5.80. The van der Waals surface area contributed by atoms with Crippen LogP contribution in [0.1, 0.15) is 33.3 Å². The second-order valence-electron chi connectivity index (χ2n) is 6.33. The van der Waals surface area contributed by atoms with Crippen molar-refractivity contribution in [2.75, 3.05) is 13.1 Å². The molecule has 0 saturated carbocycles. The summed E-state index contributed by atoms with van der Waals surface area (Å²) >= 11 is 0. The minimum atomic E-state index is -3.47. The molecule has 2 atom stereocenters. The molecule has 1 aliphatic heterocycles. The molecule has 2 unspecified atom stereocenters. The first kappa shape index (κ1) is 17.2. The maximum absolute atomic E-state index is 12.9. The van der Waals surface area contributed by atoms with Crippen molar-refractivity contribution in [1.82, 2.24) is 9.62 Å². The van der Waals surface area contributed by atoms with Gasteiger partial charge in [0.05, 0.1) is 11.0 Å². The minimum absolute atomic E-state index is 0.0481. The summed E-state index contributed by atoms with van der Waals surface area (Å²) < 4.78 is 33.0. The Kier molecular flexibility index (Phi) is 5.14. The lowest BCUT2D eigenvalue weighted by molar-refractivity contribution is 0.240. The van der Waals surface area contributed by atoms with Crippen LogP contribution in [-0.2, 0) is 10.0 Å². The lowest BCUT2D eigenvalue weighted by Crippen LogP contribution is -2.56. The molecule has 22 heavy (non-hydrogen) atoms. The van der Waals surface area contributed by atoms with Crippen LogP contribution in [0.5, 0.6) is 5.75 Å². The maximum Gasteiger partial charge on any atom is 0.243 e. The number of ether oxygens (including phenoxy) is 1. The summed E-state index contributed by atoms with van der Waals surface area (Å²) in [5, 5.41) is 3.30. The van der Waals surface area contributed by atoms with Gasteiger partial charge in [-0.05, 0) is 58.4 Å². The van der Waals surface area contributed by atoms with Gasteiger partial charge in [0.2, 0.25) is 10.0 Å². The van der Waals surface area contributed by atoms with Crippen LogP contribution >= 0.6 is 0 Å². The molecule has 0 radical (unpaired) electrons. The van der Waals surface area contributed by atoms with Gasteiger partial charge >= 0.3 is 0 Å². The molecule has 1 heterocycles. The number of hydrogen-bond donors (Lipinski definition) is 1. The fraction of sp³-hybridized carbons (Fsp3) is 0.625. The van der Waals surface area contributed by atoms with Crippen LogP contribution in [0.3, 0.4) is 0 Å². The van der Waals surface area contributed by atoms with Crippen molar-refractivity contribution < 1.29 is 13.2 Å². The van der Waals surface area contributed by atoms with E-state index in [1.165, 1.54) is 0 Å². The Morgan fingerprint density at radius 2 is 2.00 bits per heavy atom. The summed E-state index contributed by atoms with van der Waals surface area (Å²) in [6, 6.07) is 5.20. The van der Waals surface area contributed by atoms with Crippen LogP contribution in [-0.4, -0.2) is 44.0 Å². The summed E-state index contributed by atoms with van der Waals surface area (Å²) in [7, 11) is -3.47. The molecule has 1 aliphatic rings. The predicted molar refractivity (Wildman–Crippen MR) is 87.8 cm³/mol. The van der Waals surface area contributed by atoms with Gasteiger partial charge in [-0.25, -0.2) is 8.42 Å². The van der Waals surface area contributed by atoms with Crippen LogP contribution in [0.25, 0.3) is 0 Å². The van der Waals surface area contributed by atoms with Gasteiger partial charge < -0.3 is 10.1 Å². The Labute approximate surface area is 133 Å². The van der Waals surface area contributed by atoms with E-state index in [9.17, 15) is 8.42 Å². The Balaban J connectivity index is 2.31. The molecule has 6 heteroatoms. The van der Waals surface area contributed by atoms with Gasteiger partial charge in [0.15, 0.2) is 0 Å². The lowest BCUT2D eigenvalue weighted by Gasteiger charge is -2.36. The molecule has 2 rings (SSSR count). The number of nitrogens with one attached hydrogen (secondary N) is 1. The zero-order valence-electron chi connectivity index (χ0n) is 14.0. The molecular weight excluding hydrogens is 300 g/mol. The van der Waals surface area contributed by atoms with Gasteiger partial charge in [0.1, 0.15) is 5.75 Å². The van der Waals surface area contributed by atoms with E-state index in [2.05, 4.69) is 5.32 Å². The summed E-state index contributed by atoms with van der Waals surface area (Å²) in [6.07, 6.45) is 0.0650. The molecule has 1 aromatic rings. The molecule has 0 aromatic heterocycles. The van der Waals surface area contributed by atoms with Crippen molar-refractivity contribution in [3.63, 3.8) is 0 Å². The summed E-state index contributed by atoms with van der Waals surface area (Å²) in [5.41, 5.74) is 0.839.